The van der Waals surface area contributed by atoms with E-state index in [0.717, 1.165) is 17.4 Å². The number of benzene rings is 2. The Balaban J connectivity index is 2.31. The molecule has 0 fully saturated rings. The van der Waals surface area contributed by atoms with E-state index in [1.807, 2.05) is 6.92 Å². The zero-order chi connectivity index (χ0) is 19.4. The van der Waals surface area contributed by atoms with Gasteiger partial charge in [0.05, 0.1) is 24.0 Å². The van der Waals surface area contributed by atoms with Gasteiger partial charge in [-0.1, -0.05) is 29.8 Å². The number of nitrogens with one attached hydrogen (secondary N) is 1. The number of rotatable bonds is 8. The quantitative estimate of drug-likeness (QED) is 0.737. The maximum atomic E-state index is 12.8. The van der Waals surface area contributed by atoms with E-state index in [9.17, 15) is 16.8 Å². The van der Waals surface area contributed by atoms with Crippen molar-refractivity contribution in [3.8, 4) is 5.75 Å². The van der Waals surface area contributed by atoms with Crippen LogP contribution < -0.4 is 9.46 Å². The van der Waals surface area contributed by atoms with Gasteiger partial charge >= 0.3 is 0 Å². The summed E-state index contributed by atoms with van der Waals surface area (Å²) >= 11 is 0. The molecule has 2 aromatic carbocycles. The summed E-state index contributed by atoms with van der Waals surface area (Å²) in [4.78, 5) is 0.223. The van der Waals surface area contributed by atoms with Crippen molar-refractivity contribution in [2.45, 2.75) is 17.7 Å². The lowest BCUT2D eigenvalue weighted by Crippen LogP contribution is -2.30. The molecule has 0 aliphatic carbocycles. The third-order valence-corrected chi connectivity index (χ3v) is 6.50. The van der Waals surface area contributed by atoms with Crippen LogP contribution >= 0.6 is 0 Å². The van der Waals surface area contributed by atoms with Crippen LogP contribution in [-0.4, -0.2) is 42.5 Å². The molecule has 2 rings (SSSR count). The summed E-state index contributed by atoms with van der Waals surface area (Å²) < 4.78 is 56.0. The first-order chi connectivity index (χ1) is 12.1. The Hall–Kier alpha value is -1.90. The van der Waals surface area contributed by atoms with Crippen molar-refractivity contribution in [2.24, 2.45) is 0 Å². The minimum Gasteiger partial charge on any atom is -0.497 e. The molecule has 0 amide bonds. The van der Waals surface area contributed by atoms with E-state index in [2.05, 4.69) is 4.72 Å². The van der Waals surface area contributed by atoms with Gasteiger partial charge in [0.1, 0.15) is 5.75 Å². The Morgan fingerprint density at radius 1 is 0.962 bits per heavy atom. The van der Waals surface area contributed by atoms with E-state index in [-0.39, 0.29) is 17.2 Å². The van der Waals surface area contributed by atoms with Crippen LogP contribution in [0.15, 0.2) is 53.4 Å². The molecule has 0 saturated carbocycles. The Kier molecular flexibility index (Phi) is 6.44. The van der Waals surface area contributed by atoms with Crippen LogP contribution in [0.3, 0.4) is 0 Å². The van der Waals surface area contributed by atoms with E-state index < -0.39 is 25.8 Å². The number of hydrogen-bond donors (Lipinski definition) is 1. The molecule has 0 aliphatic heterocycles. The zero-order valence-electron chi connectivity index (χ0n) is 15.0. The van der Waals surface area contributed by atoms with Gasteiger partial charge < -0.3 is 4.74 Å². The van der Waals surface area contributed by atoms with Crippen LogP contribution in [0.2, 0.25) is 0 Å². The van der Waals surface area contributed by atoms with Crippen molar-refractivity contribution < 1.29 is 21.6 Å². The normalized spacial score (nSPS) is 13.3. The predicted molar refractivity (Wildman–Crippen MR) is 102 cm³/mol. The molecule has 1 unspecified atom stereocenters. The predicted octanol–water partition coefficient (Wildman–Crippen LogP) is 2.11. The Bertz CT molecular complexity index is 934. The summed E-state index contributed by atoms with van der Waals surface area (Å²) in [6, 6.07) is 13.6. The second-order valence-corrected chi connectivity index (χ2v) is 10.1. The molecule has 1 atom stereocenters. The van der Waals surface area contributed by atoms with Gasteiger partial charge in [-0.05, 0) is 36.8 Å². The molecule has 0 spiro atoms. The van der Waals surface area contributed by atoms with Gasteiger partial charge in [-0.15, -0.1) is 0 Å². The number of methoxy groups -OCH3 is 1. The van der Waals surface area contributed by atoms with Crippen LogP contribution in [0.4, 0.5) is 0 Å². The van der Waals surface area contributed by atoms with Crippen LogP contribution in [0.5, 0.6) is 5.75 Å². The molecular weight excluding hydrogens is 374 g/mol. The first-order valence-electron chi connectivity index (χ1n) is 7.99. The molecule has 8 heteroatoms. The molecule has 2 aromatic rings. The monoisotopic (exact) mass is 397 g/mol. The van der Waals surface area contributed by atoms with E-state index >= 15 is 0 Å². The van der Waals surface area contributed by atoms with Crippen molar-refractivity contribution in [1.29, 1.82) is 0 Å². The van der Waals surface area contributed by atoms with Crippen molar-refractivity contribution in [3.63, 3.8) is 0 Å². The summed E-state index contributed by atoms with van der Waals surface area (Å²) in [7, 11) is -5.47. The largest absolute Gasteiger partial charge is 0.497 e. The highest BCUT2D eigenvalue weighted by Crippen LogP contribution is 2.24. The van der Waals surface area contributed by atoms with E-state index in [4.69, 9.17) is 4.74 Å². The molecule has 0 saturated heterocycles. The number of sulfone groups is 1. The third-order valence-electron chi connectivity index (χ3n) is 3.98. The number of hydrogen-bond acceptors (Lipinski definition) is 5. The minimum absolute atomic E-state index is 0.00372. The first-order valence-corrected chi connectivity index (χ1v) is 11.5. The summed E-state index contributed by atoms with van der Waals surface area (Å²) in [5, 5.41) is 0. The van der Waals surface area contributed by atoms with E-state index in [0.29, 0.717) is 5.75 Å². The molecule has 0 aliphatic rings. The van der Waals surface area contributed by atoms with Crippen LogP contribution in [0.25, 0.3) is 0 Å². The second-order valence-electron chi connectivity index (χ2n) is 6.19. The lowest BCUT2D eigenvalue weighted by atomic mass is 10.0. The highest BCUT2D eigenvalue weighted by atomic mass is 32.2. The number of aryl methyl sites for hydroxylation is 1. The molecular formula is C18H23NO5S2. The molecule has 0 bridgehead atoms. The molecule has 142 valence electrons. The Labute approximate surface area is 155 Å². The van der Waals surface area contributed by atoms with Crippen LogP contribution in [0.1, 0.15) is 17.0 Å². The molecule has 26 heavy (non-hydrogen) atoms. The first kappa shape index (κ1) is 20.4. The van der Waals surface area contributed by atoms with Gasteiger partial charge in [0, 0.05) is 12.5 Å². The zero-order valence-corrected chi connectivity index (χ0v) is 16.6. The molecule has 6 nitrogen and oxygen atoms in total. The van der Waals surface area contributed by atoms with Gasteiger partial charge in [-0.3, -0.25) is 0 Å². The van der Waals surface area contributed by atoms with E-state index in [1.165, 1.54) is 0 Å². The lowest BCUT2D eigenvalue weighted by molar-refractivity contribution is 0.414. The van der Waals surface area contributed by atoms with Gasteiger partial charge in [-0.2, -0.15) is 0 Å². The fourth-order valence-corrected chi connectivity index (χ4v) is 4.59. The van der Waals surface area contributed by atoms with Crippen LogP contribution in [0, 0.1) is 6.92 Å². The molecule has 1 N–H and O–H groups in total. The SMILES string of the molecule is COc1ccc(C(CNS(C)(=O)=O)CS(=O)(=O)c2ccc(C)cc2)cc1. The number of sulfonamides is 1. The Morgan fingerprint density at radius 3 is 2.04 bits per heavy atom. The molecule has 0 heterocycles. The number of ether oxygens (including phenoxy) is 1. The van der Waals surface area contributed by atoms with Gasteiger partial charge in [-0.25, -0.2) is 21.6 Å². The summed E-state index contributed by atoms with van der Waals surface area (Å²) in [6.07, 6.45) is 1.05. The lowest BCUT2D eigenvalue weighted by Gasteiger charge is -2.18. The van der Waals surface area contributed by atoms with Crippen molar-refractivity contribution in [2.75, 3.05) is 25.7 Å². The second kappa shape index (κ2) is 8.20. The highest BCUT2D eigenvalue weighted by Gasteiger charge is 2.23. The average Bonchev–Trinajstić information content (AvgIpc) is 2.58. The third kappa shape index (κ3) is 5.82. The van der Waals surface area contributed by atoms with E-state index in [1.54, 1.807) is 55.6 Å². The fraction of sp³-hybridized carbons (Fsp3) is 0.333. The van der Waals surface area contributed by atoms with Crippen molar-refractivity contribution >= 4 is 19.9 Å². The molecule has 0 aromatic heterocycles. The van der Waals surface area contributed by atoms with Crippen LogP contribution in [-0.2, 0) is 19.9 Å². The maximum absolute atomic E-state index is 12.8. The average molecular weight is 398 g/mol. The topological polar surface area (TPSA) is 89.5 Å². The fourth-order valence-electron chi connectivity index (χ4n) is 2.51. The Morgan fingerprint density at radius 2 is 1.54 bits per heavy atom. The highest BCUT2D eigenvalue weighted by molar-refractivity contribution is 7.91. The summed E-state index contributed by atoms with van der Waals surface area (Å²) in [6.45, 7) is 1.88. The van der Waals surface area contributed by atoms with Gasteiger partial charge in [0.2, 0.25) is 10.0 Å². The standard InChI is InChI=1S/C18H23NO5S2/c1-14-4-10-18(11-5-14)26(22,23)13-16(12-19-25(3,20)21)15-6-8-17(24-2)9-7-15/h4-11,16,19H,12-13H2,1-3H3. The maximum Gasteiger partial charge on any atom is 0.208 e. The van der Waals surface area contributed by atoms with Crippen molar-refractivity contribution in [3.05, 3.63) is 59.7 Å². The van der Waals surface area contributed by atoms with Crippen molar-refractivity contribution in [1.82, 2.24) is 4.72 Å². The van der Waals surface area contributed by atoms with Gasteiger partial charge in [0.25, 0.3) is 0 Å². The molecule has 0 radical (unpaired) electrons. The summed E-state index contributed by atoms with van der Waals surface area (Å²) in [5.74, 6) is -0.0860. The van der Waals surface area contributed by atoms with Gasteiger partial charge in [0.15, 0.2) is 9.84 Å². The summed E-state index contributed by atoms with van der Waals surface area (Å²) in [5.41, 5.74) is 1.69. The minimum atomic E-state index is -3.57. The smallest absolute Gasteiger partial charge is 0.208 e.